The predicted octanol–water partition coefficient (Wildman–Crippen LogP) is 2.45. The van der Waals surface area contributed by atoms with Crippen molar-refractivity contribution >= 4 is 5.97 Å². The molecule has 0 amide bonds. The largest absolute Gasteiger partial charge is 0.481 e. The molecule has 0 aliphatic rings. The topological polar surface area (TPSA) is 66.8 Å². The normalized spacial score (nSPS) is 9.44. The van der Waals surface area contributed by atoms with Crippen molar-refractivity contribution in [3.8, 4) is 0 Å². The SMILES string of the molecule is CCCCCCCC(=O)O.CCOCCO. The second kappa shape index (κ2) is 16.8. The van der Waals surface area contributed by atoms with E-state index in [1.807, 2.05) is 6.92 Å². The number of carbonyl (C=O) groups is 1. The minimum absolute atomic E-state index is 0.133. The lowest BCUT2D eigenvalue weighted by molar-refractivity contribution is -0.137. The monoisotopic (exact) mass is 234 g/mol. The first-order chi connectivity index (χ1) is 7.68. The van der Waals surface area contributed by atoms with Crippen LogP contribution in [0.25, 0.3) is 0 Å². The molecule has 0 aromatic carbocycles. The Hall–Kier alpha value is -0.610. The summed E-state index contributed by atoms with van der Waals surface area (Å²) in [5, 5.41) is 16.3. The molecule has 0 unspecified atom stereocenters. The molecule has 0 aromatic rings. The van der Waals surface area contributed by atoms with Crippen LogP contribution >= 0.6 is 0 Å². The van der Waals surface area contributed by atoms with E-state index in [4.69, 9.17) is 14.9 Å². The quantitative estimate of drug-likeness (QED) is 0.601. The average molecular weight is 234 g/mol. The maximum atomic E-state index is 10.0. The van der Waals surface area contributed by atoms with Crippen LogP contribution in [0.4, 0.5) is 0 Å². The van der Waals surface area contributed by atoms with Gasteiger partial charge in [-0.3, -0.25) is 4.79 Å². The molecule has 0 heterocycles. The Bertz CT molecular complexity index is 133. The molecule has 0 atom stereocenters. The van der Waals surface area contributed by atoms with Gasteiger partial charge in [0, 0.05) is 13.0 Å². The number of aliphatic carboxylic acids is 1. The van der Waals surface area contributed by atoms with Gasteiger partial charge in [0.05, 0.1) is 13.2 Å². The van der Waals surface area contributed by atoms with Crippen molar-refractivity contribution in [1.82, 2.24) is 0 Å². The summed E-state index contributed by atoms with van der Waals surface area (Å²) in [5.74, 6) is -0.670. The molecular formula is C12H26O4. The number of ether oxygens (including phenoxy) is 1. The molecule has 0 radical (unpaired) electrons. The van der Waals surface area contributed by atoms with Crippen LogP contribution in [0, 0.1) is 0 Å². The van der Waals surface area contributed by atoms with Crippen LogP contribution in [-0.2, 0) is 9.53 Å². The van der Waals surface area contributed by atoms with Gasteiger partial charge in [-0.1, -0.05) is 32.6 Å². The van der Waals surface area contributed by atoms with Gasteiger partial charge in [0.25, 0.3) is 0 Å². The third kappa shape index (κ3) is 23.3. The molecule has 2 N–H and O–H groups in total. The summed E-state index contributed by atoms with van der Waals surface area (Å²) in [6.45, 7) is 5.34. The van der Waals surface area contributed by atoms with Gasteiger partial charge in [0.1, 0.15) is 0 Å². The maximum absolute atomic E-state index is 10.0. The first-order valence-electron chi connectivity index (χ1n) is 6.09. The molecule has 4 heteroatoms. The van der Waals surface area contributed by atoms with Crippen molar-refractivity contribution in [3.05, 3.63) is 0 Å². The van der Waals surface area contributed by atoms with Gasteiger partial charge in [-0.25, -0.2) is 0 Å². The second-order valence-electron chi connectivity index (χ2n) is 3.48. The molecule has 0 aliphatic heterocycles. The van der Waals surface area contributed by atoms with Gasteiger partial charge in [0.2, 0.25) is 0 Å². The van der Waals surface area contributed by atoms with E-state index in [1.165, 1.54) is 19.3 Å². The molecule has 0 fully saturated rings. The fourth-order valence-corrected chi connectivity index (χ4v) is 1.09. The van der Waals surface area contributed by atoms with Gasteiger partial charge in [-0.05, 0) is 13.3 Å². The fraction of sp³-hybridized carbons (Fsp3) is 0.917. The third-order valence-electron chi connectivity index (χ3n) is 1.93. The lowest BCUT2D eigenvalue weighted by atomic mass is 10.1. The minimum Gasteiger partial charge on any atom is -0.481 e. The standard InChI is InChI=1S/C8H16O2.C4H10O2/c1-2-3-4-5-6-7-8(9)10;1-2-6-4-3-5/h2-7H2,1H3,(H,9,10);5H,2-4H2,1H3. The Morgan fingerprint density at radius 3 is 2.12 bits per heavy atom. The summed E-state index contributed by atoms with van der Waals surface area (Å²) in [6, 6.07) is 0. The van der Waals surface area contributed by atoms with Gasteiger partial charge >= 0.3 is 5.97 Å². The van der Waals surface area contributed by atoms with Gasteiger partial charge in [-0.15, -0.1) is 0 Å². The van der Waals surface area contributed by atoms with Crippen molar-refractivity contribution in [2.45, 2.75) is 52.4 Å². The number of carboxylic acids is 1. The number of unbranched alkanes of at least 4 members (excludes halogenated alkanes) is 4. The Balaban J connectivity index is 0. The molecule has 0 saturated carbocycles. The highest BCUT2D eigenvalue weighted by atomic mass is 16.5. The molecule has 0 spiro atoms. The van der Waals surface area contributed by atoms with E-state index in [-0.39, 0.29) is 6.61 Å². The number of rotatable bonds is 9. The van der Waals surface area contributed by atoms with Crippen LogP contribution < -0.4 is 0 Å². The average Bonchev–Trinajstić information content (AvgIpc) is 2.26. The summed E-state index contributed by atoms with van der Waals surface area (Å²) in [5.41, 5.74) is 0. The summed E-state index contributed by atoms with van der Waals surface area (Å²) < 4.78 is 4.73. The number of aliphatic hydroxyl groups excluding tert-OH is 1. The van der Waals surface area contributed by atoms with E-state index in [9.17, 15) is 4.79 Å². The van der Waals surface area contributed by atoms with Crippen molar-refractivity contribution in [2.75, 3.05) is 19.8 Å². The minimum atomic E-state index is -0.670. The molecular weight excluding hydrogens is 208 g/mol. The van der Waals surface area contributed by atoms with Crippen LogP contribution in [0.2, 0.25) is 0 Å². The molecule has 98 valence electrons. The smallest absolute Gasteiger partial charge is 0.303 e. The van der Waals surface area contributed by atoms with Crippen molar-refractivity contribution in [2.24, 2.45) is 0 Å². The molecule has 0 bridgehead atoms. The number of hydrogen-bond acceptors (Lipinski definition) is 3. The van der Waals surface area contributed by atoms with Crippen LogP contribution in [0.15, 0.2) is 0 Å². The number of carboxylic acid groups (broad SMARTS) is 1. The highest BCUT2D eigenvalue weighted by Gasteiger charge is 1.94. The van der Waals surface area contributed by atoms with Crippen molar-refractivity contribution < 1.29 is 19.7 Å². The summed E-state index contributed by atoms with van der Waals surface area (Å²) in [6.07, 6.45) is 5.88. The summed E-state index contributed by atoms with van der Waals surface area (Å²) >= 11 is 0. The van der Waals surface area contributed by atoms with Crippen LogP contribution in [0.1, 0.15) is 52.4 Å². The molecule has 4 nitrogen and oxygen atoms in total. The van der Waals surface area contributed by atoms with E-state index in [0.717, 1.165) is 12.8 Å². The zero-order chi connectivity index (χ0) is 12.6. The second-order valence-corrected chi connectivity index (χ2v) is 3.48. The molecule has 0 aliphatic carbocycles. The first-order valence-corrected chi connectivity index (χ1v) is 6.09. The van der Waals surface area contributed by atoms with E-state index in [2.05, 4.69) is 6.92 Å². The van der Waals surface area contributed by atoms with Crippen LogP contribution in [0.5, 0.6) is 0 Å². The Morgan fingerprint density at radius 1 is 1.12 bits per heavy atom. The van der Waals surface area contributed by atoms with E-state index in [1.54, 1.807) is 0 Å². The Labute approximate surface area is 98.6 Å². The zero-order valence-corrected chi connectivity index (χ0v) is 10.6. The first kappa shape index (κ1) is 17.8. The van der Waals surface area contributed by atoms with Gasteiger partial charge < -0.3 is 14.9 Å². The molecule has 16 heavy (non-hydrogen) atoms. The molecule has 0 rings (SSSR count). The van der Waals surface area contributed by atoms with Gasteiger partial charge in [0.15, 0.2) is 0 Å². The Kier molecular flexibility index (Phi) is 18.7. The third-order valence-corrected chi connectivity index (χ3v) is 1.93. The van der Waals surface area contributed by atoms with Crippen LogP contribution in [-0.4, -0.2) is 36.0 Å². The van der Waals surface area contributed by atoms with Crippen molar-refractivity contribution in [3.63, 3.8) is 0 Å². The highest BCUT2D eigenvalue weighted by Crippen LogP contribution is 2.04. The van der Waals surface area contributed by atoms with E-state index < -0.39 is 5.97 Å². The molecule has 0 saturated heterocycles. The van der Waals surface area contributed by atoms with Crippen LogP contribution in [0.3, 0.4) is 0 Å². The van der Waals surface area contributed by atoms with Crippen molar-refractivity contribution in [1.29, 1.82) is 0 Å². The van der Waals surface area contributed by atoms with E-state index in [0.29, 0.717) is 19.6 Å². The number of aliphatic hydroxyl groups is 1. The number of hydrogen-bond donors (Lipinski definition) is 2. The molecule has 0 aromatic heterocycles. The highest BCUT2D eigenvalue weighted by molar-refractivity contribution is 5.66. The van der Waals surface area contributed by atoms with Gasteiger partial charge in [-0.2, -0.15) is 0 Å². The summed E-state index contributed by atoms with van der Waals surface area (Å²) in [4.78, 5) is 10.0. The lowest BCUT2D eigenvalue weighted by Crippen LogP contribution is -1.96. The van der Waals surface area contributed by atoms with E-state index >= 15 is 0 Å². The predicted molar refractivity (Wildman–Crippen MR) is 64.6 cm³/mol. The fourth-order valence-electron chi connectivity index (χ4n) is 1.09. The maximum Gasteiger partial charge on any atom is 0.303 e. The Morgan fingerprint density at radius 2 is 1.75 bits per heavy atom. The zero-order valence-electron chi connectivity index (χ0n) is 10.6. The lowest BCUT2D eigenvalue weighted by Gasteiger charge is -1.95. The summed E-state index contributed by atoms with van der Waals surface area (Å²) in [7, 11) is 0.